The first-order chi connectivity index (χ1) is 15.7. The Kier molecular flexibility index (Phi) is 6.99. The van der Waals surface area contributed by atoms with E-state index in [0.717, 1.165) is 6.16 Å². The van der Waals surface area contributed by atoms with Gasteiger partial charge in [0.25, 0.3) is 0 Å². The Labute approximate surface area is 204 Å². The maximum absolute atomic E-state index is 2.37. The largest absolute Gasteiger partial charge is 1.00 e. The molecule has 0 atom stereocenters. The average Bonchev–Trinajstić information content (AvgIpc) is 2.86. The van der Waals surface area contributed by atoms with Gasteiger partial charge in [-0.3, -0.25) is 0 Å². The van der Waals surface area contributed by atoms with E-state index in [2.05, 4.69) is 135 Å². The van der Waals surface area contributed by atoms with Crippen LogP contribution in [0.4, 0.5) is 0 Å². The van der Waals surface area contributed by atoms with E-state index in [1.54, 1.807) is 0 Å². The normalized spacial score (nSPS) is 11.2. The predicted octanol–water partition coefficient (Wildman–Crippen LogP) is 3.95. The van der Waals surface area contributed by atoms with Gasteiger partial charge in [-0.2, -0.15) is 0 Å². The van der Waals surface area contributed by atoms with Gasteiger partial charge in [-0.15, -0.1) is 0 Å². The van der Waals surface area contributed by atoms with Crippen LogP contribution in [0.25, 0.3) is 10.8 Å². The molecule has 0 nitrogen and oxygen atoms in total. The molecule has 33 heavy (non-hydrogen) atoms. The molecule has 0 spiro atoms. The molecule has 0 saturated heterocycles. The molecule has 0 aromatic heterocycles. The lowest BCUT2D eigenvalue weighted by Gasteiger charge is -2.29. The quantitative estimate of drug-likeness (QED) is 0.344. The smallest absolute Gasteiger partial charge is 0.116 e. The van der Waals surface area contributed by atoms with Crippen molar-refractivity contribution in [3.8, 4) is 0 Å². The topological polar surface area (TPSA) is 0 Å². The van der Waals surface area contributed by atoms with Gasteiger partial charge in [-0.25, -0.2) is 0 Å². The van der Waals surface area contributed by atoms with Crippen LogP contribution in [0, 0.1) is 13.8 Å². The summed E-state index contributed by atoms with van der Waals surface area (Å²) >= 11 is 0. The van der Waals surface area contributed by atoms with Crippen LogP contribution in [0.2, 0.25) is 0 Å². The van der Waals surface area contributed by atoms with Crippen molar-refractivity contribution in [1.29, 1.82) is 0 Å². The lowest BCUT2D eigenvalue weighted by atomic mass is 9.97. The molecule has 0 heterocycles. The van der Waals surface area contributed by atoms with E-state index in [1.807, 2.05) is 0 Å². The molecular formula is C31H28ClP. The summed E-state index contributed by atoms with van der Waals surface area (Å²) in [5.41, 5.74) is 4.20. The first-order valence-corrected chi connectivity index (χ1v) is 13.2. The fourth-order valence-electron chi connectivity index (χ4n) is 5.01. The maximum Gasteiger partial charge on any atom is 0.116 e. The summed E-state index contributed by atoms with van der Waals surface area (Å²) in [5, 5.41) is 7.04. The number of hydrogen-bond donors (Lipinski definition) is 0. The SMILES string of the molecule is Cc1cc(C)c2ccccc2c1C[P+](c1ccccc1)(c1ccccc1)c1ccccc1.[Cl-]. The average molecular weight is 467 g/mol. The Morgan fingerprint density at radius 1 is 0.485 bits per heavy atom. The third-order valence-corrected chi connectivity index (χ3v) is 10.9. The highest BCUT2D eigenvalue weighted by Crippen LogP contribution is 2.59. The van der Waals surface area contributed by atoms with Crippen molar-refractivity contribution < 1.29 is 12.4 Å². The van der Waals surface area contributed by atoms with Crippen LogP contribution in [-0.4, -0.2) is 0 Å². The van der Waals surface area contributed by atoms with E-state index >= 15 is 0 Å². The van der Waals surface area contributed by atoms with Gasteiger partial charge in [0, 0.05) is 5.56 Å². The number of hydrogen-bond acceptors (Lipinski definition) is 0. The van der Waals surface area contributed by atoms with Gasteiger partial charge >= 0.3 is 0 Å². The number of aryl methyl sites for hydroxylation is 2. The third-order valence-electron chi connectivity index (χ3n) is 6.57. The molecular weight excluding hydrogens is 439 g/mol. The zero-order chi connectivity index (χ0) is 22.0. The molecule has 0 fully saturated rings. The summed E-state index contributed by atoms with van der Waals surface area (Å²) in [7, 11) is -1.92. The number of fused-ring (bicyclic) bond motifs is 1. The molecule has 0 unspecified atom stereocenters. The first kappa shape index (κ1) is 23.2. The van der Waals surface area contributed by atoms with E-state index in [9.17, 15) is 0 Å². The predicted molar refractivity (Wildman–Crippen MR) is 142 cm³/mol. The lowest BCUT2D eigenvalue weighted by molar-refractivity contribution is -0.00000628. The second kappa shape index (κ2) is 9.92. The molecule has 0 aliphatic carbocycles. The molecule has 0 aliphatic rings. The van der Waals surface area contributed by atoms with E-state index in [1.165, 1.54) is 43.4 Å². The van der Waals surface area contributed by atoms with Crippen LogP contribution >= 0.6 is 7.26 Å². The number of halogens is 1. The van der Waals surface area contributed by atoms with Gasteiger partial charge in [0.1, 0.15) is 23.2 Å². The van der Waals surface area contributed by atoms with Gasteiger partial charge in [0.15, 0.2) is 0 Å². The Morgan fingerprint density at radius 2 is 0.879 bits per heavy atom. The molecule has 5 aromatic carbocycles. The zero-order valence-corrected chi connectivity index (χ0v) is 20.7. The van der Waals surface area contributed by atoms with E-state index in [-0.39, 0.29) is 12.4 Å². The number of benzene rings is 5. The molecule has 5 aromatic rings. The van der Waals surface area contributed by atoms with Crippen LogP contribution in [0.3, 0.4) is 0 Å². The van der Waals surface area contributed by atoms with Crippen molar-refractivity contribution in [2.75, 3.05) is 0 Å². The lowest BCUT2D eigenvalue weighted by Crippen LogP contribution is -3.00. The Hall–Kier alpha value is -2.92. The van der Waals surface area contributed by atoms with Gasteiger partial charge in [0.2, 0.25) is 0 Å². The van der Waals surface area contributed by atoms with Crippen LogP contribution < -0.4 is 28.3 Å². The maximum atomic E-state index is 2.37. The minimum Gasteiger partial charge on any atom is -1.00 e. The molecule has 0 bridgehead atoms. The van der Waals surface area contributed by atoms with E-state index in [0.29, 0.717) is 0 Å². The fraction of sp³-hybridized carbons (Fsp3) is 0.0968. The molecule has 0 aliphatic heterocycles. The highest BCUT2D eigenvalue weighted by atomic mass is 35.5. The van der Waals surface area contributed by atoms with Crippen molar-refractivity contribution in [2.45, 2.75) is 20.0 Å². The fourth-order valence-corrected chi connectivity index (χ4v) is 9.39. The molecule has 5 rings (SSSR count). The summed E-state index contributed by atoms with van der Waals surface area (Å²) in [6.45, 7) is 4.51. The van der Waals surface area contributed by atoms with E-state index in [4.69, 9.17) is 0 Å². The number of rotatable bonds is 5. The second-order valence-corrected chi connectivity index (χ2v) is 12.0. The minimum atomic E-state index is -1.92. The molecule has 164 valence electrons. The minimum absolute atomic E-state index is 0. The molecule has 2 heteroatoms. The monoisotopic (exact) mass is 466 g/mol. The van der Waals surface area contributed by atoms with Crippen LogP contribution in [0.1, 0.15) is 16.7 Å². The summed E-state index contributed by atoms with van der Waals surface area (Å²) in [4.78, 5) is 0. The Morgan fingerprint density at radius 3 is 1.33 bits per heavy atom. The summed E-state index contributed by atoms with van der Waals surface area (Å²) in [6.07, 6.45) is 1.01. The van der Waals surface area contributed by atoms with Gasteiger partial charge in [-0.1, -0.05) is 84.9 Å². The molecule has 0 saturated carbocycles. The van der Waals surface area contributed by atoms with Gasteiger partial charge in [-0.05, 0) is 72.1 Å². The highest BCUT2D eigenvalue weighted by molar-refractivity contribution is 7.95. The molecule has 0 amide bonds. The van der Waals surface area contributed by atoms with E-state index < -0.39 is 7.26 Å². The van der Waals surface area contributed by atoms with Crippen molar-refractivity contribution in [3.63, 3.8) is 0 Å². The van der Waals surface area contributed by atoms with Crippen molar-refractivity contribution in [3.05, 3.63) is 138 Å². The zero-order valence-electron chi connectivity index (χ0n) is 19.1. The highest BCUT2D eigenvalue weighted by Gasteiger charge is 2.45. The van der Waals surface area contributed by atoms with Crippen molar-refractivity contribution >= 4 is 33.9 Å². The van der Waals surface area contributed by atoms with Gasteiger partial charge < -0.3 is 12.4 Å². The third kappa shape index (κ3) is 4.22. The molecule has 0 radical (unpaired) electrons. The van der Waals surface area contributed by atoms with Crippen LogP contribution in [-0.2, 0) is 6.16 Å². The molecule has 0 N–H and O–H groups in total. The van der Waals surface area contributed by atoms with Crippen LogP contribution in [0.15, 0.2) is 121 Å². The van der Waals surface area contributed by atoms with Crippen LogP contribution in [0.5, 0.6) is 0 Å². The summed E-state index contributed by atoms with van der Waals surface area (Å²) < 4.78 is 0. The Bertz CT molecular complexity index is 1250. The second-order valence-electron chi connectivity index (χ2n) is 8.51. The van der Waals surface area contributed by atoms with Crippen molar-refractivity contribution in [1.82, 2.24) is 0 Å². The van der Waals surface area contributed by atoms with Gasteiger partial charge in [0.05, 0.1) is 6.16 Å². The summed E-state index contributed by atoms with van der Waals surface area (Å²) in [5.74, 6) is 0. The van der Waals surface area contributed by atoms with Crippen molar-refractivity contribution in [2.24, 2.45) is 0 Å². The summed E-state index contributed by atoms with van der Waals surface area (Å²) in [6, 6.07) is 44.8. The Balaban J connectivity index is 0.00000259. The first-order valence-electron chi connectivity index (χ1n) is 11.2. The standard InChI is InChI=1S/C31H28P.ClH/c1-24-22-25(2)31(30-21-13-12-20-29(24)30)23-32(26-14-6-3-7-15-26,27-16-8-4-9-17-27)28-18-10-5-11-19-28;/h3-22H,23H2,1-2H3;1H/q+1;/p-1.